The number of aryl methyl sites for hydroxylation is 1. The number of nitrogens with one attached hydrogen (secondary N) is 1. The summed E-state index contributed by atoms with van der Waals surface area (Å²) in [5, 5.41) is 16.3. The summed E-state index contributed by atoms with van der Waals surface area (Å²) in [4.78, 5) is 14.4. The van der Waals surface area contributed by atoms with Gasteiger partial charge in [-0.1, -0.05) is 6.07 Å². The maximum Gasteiger partial charge on any atom is 0.239 e. The average Bonchev–Trinajstić information content (AvgIpc) is 3.07. The number of hydrogen-bond acceptors (Lipinski definition) is 6. The van der Waals surface area contributed by atoms with Gasteiger partial charge in [-0.3, -0.25) is 14.4 Å². The Morgan fingerprint density at radius 3 is 2.96 bits per heavy atom. The molecule has 0 radical (unpaired) electrons. The molecule has 1 fully saturated rings. The lowest BCUT2D eigenvalue weighted by molar-refractivity contribution is -0.119. The highest BCUT2D eigenvalue weighted by molar-refractivity contribution is 5.93. The molecule has 1 N–H and O–H groups in total. The topological polar surface area (TPSA) is 85.2 Å². The summed E-state index contributed by atoms with van der Waals surface area (Å²) in [6.45, 7) is 4.50. The quantitative estimate of drug-likeness (QED) is 0.756. The zero-order valence-corrected chi connectivity index (χ0v) is 15.4. The molecular formula is C19H22N6O2. The van der Waals surface area contributed by atoms with Crippen molar-refractivity contribution in [2.75, 3.05) is 31.6 Å². The summed E-state index contributed by atoms with van der Waals surface area (Å²) in [6.07, 6.45) is 3.93. The minimum atomic E-state index is -0.0961. The molecule has 4 rings (SSSR count). The molecule has 3 aromatic rings. The Labute approximate surface area is 157 Å². The zero-order chi connectivity index (χ0) is 18.8. The van der Waals surface area contributed by atoms with Crippen molar-refractivity contribution < 1.29 is 9.53 Å². The Morgan fingerprint density at radius 1 is 1.30 bits per heavy atom. The van der Waals surface area contributed by atoms with Crippen molar-refractivity contribution in [1.29, 1.82) is 0 Å². The summed E-state index contributed by atoms with van der Waals surface area (Å²) in [7, 11) is 1.89. The number of anilines is 1. The number of nitrogens with zero attached hydrogens (tertiary/aromatic N) is 5. The lowest BCUT2D eigenvalue weighted by Gasteiger charge is -2.30. The number of benzene rings is 1. The van der Waals surface area contributed by atoms with Gasteiger partial charge in [-0.15, -0.1) is 10.2 Å². The van der Waals surface area contributed by atoms with E-state index in [4.69, 9.17) is 4.74 Å². The van der Waals surface area contributed by atoms with E-state index < -0.39 is 0 Å². The van der Waals surface area contributed by atoms with Crippen molar-refractivity contribution in [1.82, 2.24) is 24.9 Å². The average molecular weight is 366 g/mol. The predicted octanol–water partition coefficient (Wildman–Crippen LogP) is 1.69. The molecule has 2 aromatic heterocycles. The maximum absolute atomic E-state index is 12.3. The molecule has 1 aliphatic rings. The van der Waals surface area contributed by atoms with Gasteiger partial charge in [0, 0.05) is 37.3 Å². The van der Waals surface area contributed by atoms with E-state index in [2.05, 4.69) is 25.5 Å². The second-order valence-corrected chi connectivity index (χ2v) is 6.87. The smallest absolute Gasteiger partial charge is 0.239 e. The number of carbonyl (C=O) groups is 1. The Kier molecular flexibility index (Phi) is 4.83. The number of rotatable bonds is 4. The summed E-state index contributed by atoms with van der Waals surface area (Å²) < 4.78 is 7.27. The Morgan fingerprint density at radius 2 is 2.19 bits per heavy atom. The van der Waals surface area contributed by atoms with Gasteiger partial charge in [0.05, 0.1) is 31.0 Å². The van der Waals surface area contributed by atoms with E-state index in [-0.39, 0.29) is 12.0 Å². The molecular weight excluding hydrogens is 344 g/mol. The van der Waals surface area contributed by atoms with Gasteiger partial charge in [0.15, 0.2) is 5.82 Å². The molecule has 0 saturated carbocycles. The van der Waals surface area contributed by atoms with Crippen LogP contribution in [0, 0.1) is 0 Å². The van der Waals surface area contributed by atoms with Crippen LogP contribution in [0.3, 0.4) is 0 Å². The van der Waals surface area contributed by atoms with Gasteiger partial charge in [0.25, 0.3) is 0 Å². The van der Waals surface area contributed by atoms with Crippen LogP contribution in [0.2, 0.25) is 0 Å². The van der Waals surface area contributed by atoms with E-state index in [1.807, 2.05) is 50.6 Å². The van der Waals surface area contributed by atoms with Crippen LogP contribution in [-0.4, -0.2) is 63.1 Å². The molecule has 1 unspecified atom stereocenters. The number of hydrogen-bond donors (Lipinski definition) is 1. The van der Waals surface area contributed by atoms with Crippen molar-refractivity contribution in [3.8, 4) is 11.1 Å². The first-order valence-corrected chi connectivity index (χ1v) is 8.97. The lowest BCUT2D eigenvalue weighted by Crippen LogP contribution is -2.44. The van der Waals surface area contributed by atoms with E-state index in [1.165, 1.54) is 0 Å². The van der Waals surface area contributed by atoms with Crippen molar-refractivity contribution in [3.05, 3.63) is 36.7 Å². The van der Waals surface area contributed by atoms with Crippen LogP contribution in [0.15, 0.2) is 36.7 Å². The predicted molar refractivity (Wildman–Crippen MR) is 102 cm³/mol. The first-order valence-electron chi connectivity index (χ1n) is 8.97. The third kappa shape index (κ3) is 4.12. The van der Waals surface area contributed by atoms with Crippen molar-refractivity contribution in [2.24, 2.45) is 7.05 Å². The van der Waals surface area contributed by atoms with Crippen LogP contribution in [0.5, 0.6) is 0 Å². The molecule has 8 heteroatoms. The third-order valence-corrected chi connectivity index (χ3v) is 4.58. The van der Waals surface area contributed by atoms with Gasteiger partial charge < -0.3 is 10.1 Å². The van der Waals surface area contributed by atoms with Crippen LogP contribution in [0.25, 0.3) is 22.0 Å². The number of carbonyl (C=O) groups excluding carboxylic acids is 1. The fourth-order valence-electron chi connectivity index (χ4n) is 3.28. The molecule has 8 nitrogen and oxygen atoms in total. The summed E-state index contributed by atoms with van der Waals surface area (Å²) >= 11 is 0. The van der Waals surface area contributed by atoms with Gasteiger partial charge in [-0.2, -0.15) is 5.10 Å². The van der Waals surface area contributed by atoms with Crippen LogP contribution in [0.4, 0.5) is 5.82 Å². The minimum absolute atomic E-state index is 0.0961. The highest BCUT2D eigenvalue weighted by Crippen LogP contribution is 2.24. The minimum Gasteiger partial charge on any atom is -0.376 e. The van der Waals surface area contributed by atoms with E-state index in [0.29, 0.717) is 19.0 Å². The van der Waals surface area contributed by atoms with Gasteiger partial charge in [0.1, 0.15) is 0 Å². The number of aromatic nitrogens is 4. The lowest BCUT2D eigenvalue weighted by atomic mass is 10.1. The van der Waals surface area contributed by atoms with E-state index >= 15 is 0 Å². The summed E-state index contributed by atoms with van der Waals surface area (Å²) in [5.74, 6) is 0.360. The molecule has 3 heterocycles. The van der Waals surface area contributed by atoms with Crippen LogP contribution < -0.4 is 5.32 Å². The highest BCUT2D eigenvalue weighted by Gasteiger charge is 2.19. The van der Waals surface area contributed by atoms with Gasteiger partial charge in [-0.25, -0.2) is 0 Å². The van der Waals surface area contributed by atoms with Crippen LogP contribution >= 0.6 is 0 Å². The largest absolute Gasteiger partial charge is 0.376 e. The maximum atomic E-state index is 12.3. The van der Waals surface area contributed by atoms with Crippen molar-refractivity contribution >= 4 is 22.6 Å². The molecule has 0 bridgehead atoms. The highest BCUT2D eigenvalue weighted by atomic mass is 16.5. The van der Waals surface area contributed by atoms with Gasteiger partial charge in [0.2, 0.25) is 5.91 Å². The number of amides is 1. The standard InChI is InChI=1S/C19H22N6O2/c1-13-10-25(5-6-27-13)12-19(26)21-18-8-15-7-14(3-4-17(15)22-23-18)16-9-20-24(2)11-16/h3-4,7-9,11,13H,5-6,10,12H2,1-2H3,(H,21,23,26). The molecule has 140 valence electrons. The van der Waals surface area contributed by atoms with Crippen LogP contribution in [-0.2, 0) is 16.6 Å². The number of ether oxygens (including phenoxy) is 1. The van der Waals surface area contributed by atoms with Crippen LogP contribution in [0.1, 0.15) is 6.92 Å². The monoisotopic (exact) mass is 366 g/mol. The van der Waals surface area contributed by atoms with E-state index in [9.17, 15) is 4.79 Å². The van der Waals surface area contributed by atoms with E-state index in [1.54, 1.807) is 4.68 Å². The van der Waals surface area contributed by atoms with Gasteiger partial charge in [-0.05, 0) is 30.7 Å². The molecule has 1 aliphatic heterocycles. The second-order valence-electron chi connectivity index (χ2n) is 6.87. The third-order valence-electron chi connectivity index (χ3n) is 4.58. The normalized spacial score (nSPS) is 17.9. The van der Waals surface area contributed by atoms with Gasteiger partial charge >= 0.3 is 0 Å². The fraction of sp³-hybridized carbons (Fsp3) is 0.368. The Bertz CT molecular complexity index is 970. The SMILES string of the molecule is CC1CN(CC(=O)Nc2cc3cc(-c4cnn(C)c4)ccc3nn2)CCO1. The van der Waals surface area contributed by atoms with Crippen molar-refractivity contribution in [3.63, 3.8) is 0 Å². The van der Waals surface area contributed by atoms with Crippen molar-refractivity contribution in [2.45, 2.75) is 13.0 Å². The zero-order valence-electron chi connectivity index (χ0n) is 15.4. The first-order chi connectivity index (χ1) is 13.1. The van der Waals surface area contributed by atoms with E-state index in [0.717, 1.165) is 35.1 Å². The molecule has 27 heavy (non-hydrogen) atoms. The number of fused-ring (bicyclic) bond motifs is 1. The Hall–Kier alpha value is -2.84. The molecule has 1 aromatic carbocycles. The molecule has 0 spiro atoms. The summed E-state index contributed by atoms with van der Waals surface area (Å²) in [6, 6.07) is 7.79. The second kappa shape index (κ2) is 7.42. The molecule has 1 atom stereocenters. The fourth-order valence-corrected chi connectivity index (χ4v) is 3.28. The molecule has 0 aliphatic carbocycles. The first kappa shape index (κ1) is 17.6. The summed E-state index contributed by atoms with van der Waals surface area (Å²) in [5.41, 5.74) is 2.86. The molecule has 1 saturated heterocycles. The Balaban J connectivity index is 1.49. The molecule has 1 amide bonds. The number of morpholine rings is 1.